The number of nitrogens with one attached hydrogen (secondary N) is 1. The van der Waals surface area contributed by atoms with E-state index >= 15 is 0 Å². The molecule has 0 aliphatic carbocycles. The molecule has 38 heavy (non-hydrogen) atoms. The van der Waals surface area contributed by atoms with Gasteiger partial charge in [-0.2, -0.15) is 5.10 Å². The number of hydrazone groups is 1. The Morgan fingerprint density at radius 1 is 1.08 bits per heavy atom. The molecule has 3 aromatic rings. The molecule has 0 atom stereocenters. The number of thiophene rings is 2. The van der Waals surface area contributed by atoms with Crippen molar-refractivity contribution in [1.82, 2.24) is 10.3 Å². The number of rotatable bonds is 9. The van der Waals surface area contributed by atoms with Crippen LogP contribution in [0.4, 0.5) is 0 Å². The number of aromatic hydroxyl groups is 1. The summed E-state index contributed by atoms with van der Waals surface area (Å²) >= 11 is 2.61. The number of morpholine rings is 1. The molecule has 3 heterocycles. The predicted octanol–water partition coefficient (Wildman–Crippen LogP) is 5.93. The predicted molar refractivity (Wildman–Crippen MR) is 155 cm³/mol. The summed E-state index contributed by atoms with van der Waals surface area (Å²) in [4.78, 5) is 29.3. The molecule has 2 N–H and O–H groups in total. The van der Waals surface area contributed by atoms with Crippen LogP contribution < -0.4 is 5.43 Å². The number of ketones is 1. The van der Waals surface area contributed by atoms with Gasteiger partial charge in [0.2, 0.25) is 0 Å². The summed E-state index contributed by atoms with van der Waals surface area (Å²) in [7, 11) is 0. The minimum atomic E-state index is -0.380. The maximum atomic E-state index is 12.7. The van der Waals surface area contributed by atoms with E-state index in [-0.39, 0.29) is 22.9 Å². The molecule has 1 saturated heterocycles. The third kappa shape index (κ3) is 6.96. The van der Waals surface area contributed by atoms with E-state index in [1.54, 1.807) is 19.1 Å². The number of hydrogen-bond acceptors (Lipinski definition) is 8. The minimum absolute atomic E-state index is 0.0493. The van der Waals surface area contributed by atoms with Crippen molar-refractivity contribution in [3.05, 3.63) is 62.7 Å². The van der Waals surface area contributed by atoms with E-state index in [2.05, 4.69) is 48.3 Å². The molecule has 9 heteroatoms. The molecule has 4 rings (SSSR count). The Balaban J connectivity index is 1.33. The number of carbonyl (C=O) groups is 2. The van der Waals surface area contributed by atoms with Gasteiger partial charge in [0, 0.05) is 24.9 Å². The SMILES string of the molecule is C/C(=N\NC(=O)c1ccc(C(=O)CCCN2CCOCC2)s1)c1csc(-c2ccc(C(C)(C)C)cc2)c1O. The second kappa shape index (κ2) is 12.3. The Morgan fingerprint density at radius 3 is 2.45 bits per heavy atom. The smallest absolute Gasteiger partial charge is 0.281 e. The van der Waals surface area contributed by atoms with Gasteiger partial charge >= 0.3 is 0 Å². The molecular weight excluding hydrogens is 518 g/mol. The van der Waals surface area contributed by atoms with Crippen LogP contribution in [0.25, 0.3) is 10.4 Å². The third-order valence-corrected chi connectivity index (χ3v) is 8.72. The molecule has 0 saturated carbocycles. The first-order chi connectivity index (χ1) is 18.1. The van der Waals surface area contributed by atoms with Gasteiger partial charge < -0.3 is 9.84 Å². The fourth-order valence-corrected chi connectivity index (χ4v) is 6.08. The van der Waals surface area contributed by atoms with Crippen LogP contribution in [0.5, 0.6) is 5.75 Å². The number of Topliss-reactive ketones (excluding diaryl/α,β-unsaturated/α-hetero) is 1. The molecule has 1 aliphatic heterocycles. The average molecular weight is 554 g/mol. The van der Waals surface area contributed by atoms with Crippen LogP contribution in [-0.4, -0.2) is 60.3 Å². The van der Waals surface area contributed by atoms with E-state index < -0.39 is 0 Å². The minimum Gasteiger partial charge on any atom is -0.506 e. The van der Waals surface area contributed by atoms with Crippen molar-refractivity contribution in [2.75, 3.05) is 32.8 Å². The van der Waals surface area contributed by atoms with Crippen LogP contribution >= 0.6 is 22.7 Å². The number of carbonyl (C=O) groups excluding carboxylic acids is 2. The Morgan fingerprint density at radius 2 is 1.76 bits per heavy atom. The summed E-state index contributed by atoms with van der Waals surface area (Å²) in [6.07, 6.45) is 1.24. The maximum absolute atomic E-state index is 12.7. The molecule has 7 nitrogen and oxygen atoms in total. The number of nitrogens with zero attached hydrogens (tertiary/aromatic N) is 2. The molecule has 1 aromatic carbocycles. The van der Waals surface area contributed by atoms with Gasteiger partial charge in [0.05, 0.1) is 39.1 Å². The monoisotopic (exact) mass is 553 g/mol. The fraction of sp³-hybridized carbons (Fsp3) is 0.414. The summed E-state index contributed by atoms with van der Waals surface area (Å²) in [5.74, 6) is -0.183. The van der Waals surface area contributed by atoms with Crippen molar-refractivity contribution in [3.8, 4) is 16.2 Å². The summed E-state index contributed by atoms with van der Waals surface area (Å²) in [6, 6.07) is 11.6. The highest BCUT2D eigenvalue weighted by atomic mass is 32.1. The lowest BCUT2D eigenvalue weighted by molar-refractivity contribution is 0.0371. The van der Waals surface area contributed by atoms with Crippen LogP contribution in [0.2, 0.25) is 0 Å². The van der Waals surface area contributed by atoms with Gasteiger partial charge in [-0.05, 0) is 48.6 Å². The first kappa shape index (κ1) is 28.2. The first-order valence-electron chi connectivity index (χ1n) is 12.8. The molecule has 0 bridgehead atoms. The molecule has 1 amide bonds. The Labute approximate surface area is 232 Å². The van der Waals surface area contributed by atoms with Crippen LogP contribution in [0.1, 0.15) is 71.0 Å². The molecule has 0 radical (unpaired) electrons. The molecule has 202 valence electrons. The van der Waals surface area contributed by atoms with E-state index in [1.807, 2.05) is 17.5 Å². The zero-order chi connectivity index (χ0) is 27.3. The molecule has 1 aliphatic rings. The molecular formula is C29H35N3O4S2. The van der Waals surface area contributed by atoms with E-state index in [4.69, 9.17) is 4.74 Å². The van der Waals surface area contributed by atoms with Gasteiger partial charge in [-0.1, -0.05) is 45.0 Å². The topological polar surface area (TPSA) is 91.2 Å². The van der Waals surface area contributed by atoms with Crippen LogP contribution in [0.15, 0.2) is 46.9 Å². The normalized spacial score (nSPS) is 15.0. The summed E-state index contributed by atoms with van der Waals surface area (Å²) in [6.45, 7) is 12.4. The first-order valence-corrected chi connectivity index (χ1v) is 14.5. The second-order valence-electron chi connectivity index (χ2n) is 10.4. The van der Waals surface area contributed by atoms with Gasteiger partial charge in [0.1, 0.15) is 5.75 Å². The lowest BCUT2D eigenvalue weighted by Gasteiger charge is -2.26. The van der Waals surface area contributed by atoms with Gasteiger partial charge in [0.25, 0.3) is 5.91 Å². The van der Waals surface area contributed by atoms with Crippen molar-refractivity contribution in [3.63, 3.8) is 0 Å². The molecule has 0 unspecified atom stereocenters. The van der Waals surface area contributed by atoms with E-state index in [1.165, 1.54) is 28.2 Å². The largest absolute Gasteiger partial charge is 0.506 e. The van der Waals surface area contributed by atoms with Crippen LogP contribution in [-0.2, 0) is 10.2 Å². The quantitative estimate of drug-likeness (QED) is 0.195. The highest BCUT2D eigenvalue weighted by Gasteiger charge is 2.18. The fourth-order valence-electron chi connectivity index (χ4n) is 4.21. The number of ether oxygens (including phenoxy) is 1. The summed E-state index contributed by atoms with van der Waals surface area (Å²) in [5.41, 5.74) is 5.85. The zero-order valence-electron chi connectivity index (χ0n) is 22.4. The lowest BCUT2D eigenvalue weighted by atomic mass is 9.86. The standard InChI is InChI=1S/C29H35N3O4S2/c1-19(22-18-37-27(26(22)34)20-7-9-21(10-8-20)29(2,3)4)30-31-28(35)25-12-11-24(38-25)23(33)6-5-13-32-14-16-36-17-15-32/h7-12,18,34H,5-6,13-17H2,1-4H3,(H,31,35)/b30-19+. The molecule has 1 fully saturated rings. The van der Waals surface area contributed by atoms with Crippen molar-refractivity contribution < 1.29 is 19.4 Å². The second-order valence-corrected chi connectivity index (χ2v) is 12.4. The van der Waals surface area contributed by atoms with Crippen molar-refractivity contribution >= 4 is 40.1 Å². The number of amides is 1. The van der Waals surface area contributed by atoms with Gasteiger partial charge in [-0.3, -0.25) is 14.5 Å². The average Bonchev–Trinajstić information content (AvgIpc) is 3.55. The Hall–Kier alpha value is -2.85. The Bertz CT molecular complexity index is 1300. The van der Waals surface area contributed by atoms with E-state index in [9.17, 15) is 14.7 Å². The van der Waals surface area contributed by atoms with Crippen LogP contribution in [0.3, 0.4) is 0 Å². The zero-order valence-corrected chi connectivity index (χ0v) is 24.0. The Kier molecular flexibility index (Phi) is 9.15. The molecule has 2 aromatic heterocycles. The highest BCUT2D eigenvalue weighted by Crippen LogP contribution is 2.39. The van der Waals surface area contributed by atoms with Gasteiger partial charge in [0.15, 0.2) is 5.78 Å². The van der Waals surface area contributed by atoms with Crippen molar-refractivity contribution in [2.45, 2.75) is 46.0 Å². The van der Waals surface area contributed by atoms with E-state index in [0.29, 0.717) is 27.5 Å². The molecule has 0 spiro atoms. The lowest BCUT2D eigenvalue weighted by Crippen LogP contribution is -2.36. The highest BCUT2D eigenvalue weighted by molar-refractivity contribution is 7.16. The van der Waals surface area contributed by atoms with Crippen molar-refractivity contribution in [2.24, 2.45) is 5.10 Å². The summed E-state index contributed by atoms with van der Waals surface area (Å²) < 4.78 is 5.35. The van der Waals surface area contributed by atoms with E-state index in [0.717, 1.165) is 49.7 Å². The summed E-state index contributed by atoms with van der Waals surface area (Å²) in [5, 5.41) is 16.9. The van der Waals surface area contributed by atoms with Crippen molar-refractivity contribution in [1.29, 1.82) is 0 Å². The number of hydrogen-bond donors (Lipinski definition) is 2. The maximum Gasteiger partial charge on any atom is 0.281 e. The van der Waals surface area contributed by atoms with Gasteiger partial charge in [-0.15, -0.1) is 22.7 Å². The number of benzene rings is 1. The van der Waals surface area contributed by atoms with Gasteiger partial charge in [-0.25, -0.2) is 5.43 Å². The third-order valence-electron chi connectivity index (χ3n) is 6.58. The van der Waals surface area contributed by atoms with Crippen LogP contribution in [0, 0.1) is 0 Å².